The van der Waals surface area contributed by atoms with Gasteiger partial charge in [0.05, 0.1) is 13.2 Å². The summed E-state index contributed by atoms with van der Waals surface area (Å²) in [6, 6.07) is 3.55. The Morgan fingerprint density at radius 1 is 1.28 bits per heavy atom. The number of hydrogen-bond acceptors (Lipinski definition) is 4. The van der Waals surface area contributed by atoms with Crippen molar-refractivity contribution in [1.29, 1.82) is 0 Å². The monoisotopic (exact) mass is 252 g/mol. The van der Waals surface area contributed by atoms with Crippen molar-refractivity contribution >= 4 is 5.97 Å². The summed E-state index contributed by atoms with van der Waals surface area (Å²) in [5, 5.41) is 9.94. The van der Waals surface area contributed by atoms with Crippen LogP contribution in [-0.4, -0.2) is 24.3 Å². The number of aliphatic hydroxyl groups is 1. The van der Waals surface area contributed by atoms with E-state index in [2.05, 4.69) is 4.74 Å². The molecule has 0 spiro atoms. The predicted octanol–water partition coefficient (Wildman–Crippen LogP) is 2.30. The molecule has 0 heterocycles. The fourth-order valence-corrected chi connectivity index (χ4v) is 1.66. The number of aliphatic hydroxyl groups excluding tert-OH is 1. The Labute approximate surface area is 108 Å². The van der Waals surface area contributed by atoms with Gasteiger partial charge in [-0.1, -0.05) is 12.1 Å². The first-order valence-electron chi connectivity index (χ1n) is 5.91. The maximum absolute atomic E-state index is 11.4. The van der Waals surface area contributed by atoms with E-state index in [1.54, 1.807) is 6.07 Å². The average Bonchev–Trinajstić information content (AvgIpc) is 2.33. The van der Waals surface area contributed by atoms with Crippen LogP contribution in [0.25, 0.3) is 0 Å². The molecule has 1 aromatic carbocycles. The number of esters is 1. The highest BCUT2D eigenvalue weighted by molar-refractivity contribution is 5.77. The summed E-state index contributed by atoms with van der Waals surface area (Å²) < 4.78 is 10.3. The van der Waals surface area contributed by atoms with Gasteiger partial charge in [-0.15, -0.1) is 0 Å². The predicted molar refractivity (Wildman–Crippen MR) is 68.7 cm³/mol. The molecule has 0 radical (unpaired) electrons. The fourth-order valence-electron chi connectivity index (χ4n) is 1.66. The van der Waals surface area contributed by atoms with Gasteiger partial charge in [-0.25, -0.2) is 4.79 Å². The second kappa shape index (κ2) is 5.87. The molecular weight excluding hydrogens is 232 g/mol. The molecule has 4 nitrogen and oxygen atoms in total. The van der Waals surface area contributed by atoms with Gasteiger partial charge >= 0.3 is 5.97 Å². The average molecular weight is 252 g/mol. The lowest BCUT2D eigenvalue weighted by atomic mass is 10.0. The fraction of sp³-hybridized carbons (Fsp3) is 0.500. The Balaban J connectivity index is 3.26. The normalized spacial score (nSPS) is 12.4. The standard InChI is InChI=1S/C14H20O4/c1-8(2)18-13-10(4)9(3)6-7-11(13)12(15)14(16)17-5/h6-8,12,15H,1-5H3. The number of aryl methyl sites for hydroxylation is 1. The maximum Gasteiger partial charge on any atom is 0.339 e. The molecule has 0 amide bonds. The van der Waals surface area contributed by atoms with Crippen LogP contribution in [0.5, 0.6) is 5.75 Å². The molecule has 1 atom stereocenters. The van der Waals surface area contributed by atoms with Crippen molar-refractivity contribution in [1.82, 2.24) is 0 Å². The Hall–Kier alpha value is -1.55. The quantitative estimate of drug-likeness (QED) is 0.835. The van der Waals surface area contributed by atoms with E-state index in [-0.39, 0.29) is 6.10 Å². The summed E-state index contributed by atoms with van der Waals surface area (Å²) >= 11 is 0. The van der Waals surface area contributed by atoms with E-state index in [1.807, 2.05) is 33.8 Å². The molecule has 4 heteroatoms. The maximum atomic E-state index is 11.4. The zero-order valence-corrected chi connectivity index (χ0v) is 11.5. The number of carbonyl (C=O) groups is 1. The third-order valence-electron chi connectivity index (χ3n) is 2.78. The third-order valence-corrected chi connectivity index (χ3v) is 2.78. The number of ether oxygens (including phenoxy) is 2. The Morgan fingerprint density at radius 2 is 1.89 bits per heavy atom. The van der Waals surface area contributed by atoms with Crippen LogP contribution in [0, 0.1) is 13.8 Å². The van der Waals surface area contributed by atoms with Gasteiger partial charge < -0.3 is 14.6 Å². The molecule has 1 N–H and O–H groups in total. The van der Waals surface area contributed by atoms with Crippen LogP contribution < -0.4 is 4.74 Å². The molecule has 1 aromatic rings. The number of carbonyl (C=O) groups excluding carboxylic acids is 1. The molecule has 0 aliphatic rings. The smallest absolute Gasteiger partial charge is 0.339 e. The summed E-state index contributed by atoms with van der Waals surface area (Å²) in [5.74, 6) is -0.130. The molecule has 0 aromatic heterocycles. The molecule has 1 rings (SSSR count). The molecule has 0 saturated carbocycles. The first kappa shape index (κ1) is 14.5. The van der Waals surface area contributed by atoms with Crippen molar-refractivity contribution in [2.75, 3.05) is 7.11 Å². The first-order valence-corrected chi connectivity index (χ1v) is 5.91. The number of rotatable bonds is 4. The van der Waals surface area contributed by atoms with Crippen molar-refractivity contribution < 1.29 is 19.4 Å². The van der Waals surface area contributed by atoms with E-state index in [9.17, 15) is 9.90 Å². The van der Waals surface area contributed by atoms with Gasteiger partial charge in [-0.3, -0.25) is 0 Å². The van der Waals surface area contributed by atoms with Crippen LogP contribution in [-0.2, 0) is 9.53 Å². The van der Waals surface area contributed by atoms with E-state index in [4.69, 9.17) is 4.74 Å². The zero-order valence-electron chi connectivity index (χ0n) is 11.5. The largest absolute Gasteiger partial charge is 0.490 e. The lowest BCUT2D eigenvalue weighted by molar-refractivity contribution is -0.150. The zero-order chi connectivity index (χ0) is 13.9. The molecule has 0 bridgehead atoms. The van der Waals surface area contributed by atoms with Crippen LogP contribution in [0.2, 0.25) is 0 Å². The summed E-state index contributed by atoms with van der Waals surface area (Å²) in [7, 11) is 1.25. The van der Waals surface area contributed by atoms with Crippen molar-refractivity contribution in [3.8, 4) is 5.75 Å². The van der Waals surface area contributed by atoms with Crippen molar-refractivity contribution in [2.24, 2.45) is 0 Å². The van der Waals surface area contributed by atoms with Gasteiger partial charge in [0, 0.05) is 5.56 Å². The Morgan fingerprint density at radius 3 is 2.39 bits per heavy atom. The highest BCUT2D eigenvalue weighted by Gasteiger charge is 2.24. The van der Waals surface area contributed by atoms with Gasteiger partial charge in [0.15, 0.2) is 6.10 Å². The van der Waals surface area contributed by atoms with E-state index >= 15 is 0 Å². The number of hydrogen-bond donors (Lipinski definition) is 1. The van der Waals surface area contributed by atoms with Crippen LogP contribution in [0.3, 0.4) is 0 Å². The Bertz CT molecular complexity index is 438. The van der Waals surface area contributed by atoms with E-state index < -0.39 is 12.1 Å². The van der Waals surface area contributed by atoms with Crippen LogP contribution in [0.1, 0.15) is 36.6 Å². The van der Waals surface area contributed by atoms with Gasteiger partial charge in [0.1, 0.15) is 5.75 Å². The topological polar surface area (TPSA) is 55.8 Å². The summed E-state index contributed by atoms with van der Waals surface area (Å²) in [4.78, 5) is 11.4. The van der Waals surface area contributed by atoms with Crippen molar-refractivity contribution in [3.63, 3.8) is 0 Å². The second-order valence-electron chi connectivity index (χ2n) is 4.52. The van der Waals surface area contributed by atoms with Crippen molar-refractivity contribution in [2.45, 2.75) is 39.9 Å². The molecule has 18 heavy (non-hydrogen) atoms. The molecule has 0 aliphatic carbocycles. The molecule has 0 saturated heterocycles. The summed E-state index contributed by atoms with van der Waals surface area (Å²) in [6.07, 6.45) is -1.35. The molecule has 0 fully saturated rings. The lowest BCUT2D eigenvalue weighted by Crippen LogP contribution is -2.17. The number of benzene rings is 1. The first-order chi connectivity index (χ1) is 8.38. The van der Waals surface area contributed by atoms with Gasteiger partial charge in [0.2, 0.25) is 0 Å². The van der Waals surface area contributed by atoms with E-state index in [0.29, 0.717) is 11.3 Å². The van der Waals surface area contributed by atoms with E-state index in [0.717, 1.165) is 11.1 Å². The Kier molecular flexibility index (Phi) is 4.73. The van der Waals surface area contributed by atoms with Crippen LogP contribution >= 0.6 is 0 Å². The highest BCUT2D eigenvalue weighted by atomic mass is 16.5. The van der Waals surface area contributed by atoms with Gasteiger partial charge in [0.25, 0.3) is 0 Å². The van der Waals surface area contributed by atoms with Crippen molar-refractivity contribution in [3.05, 3.63) is 28.8 Å². The van der Waals surface area contributed by atoms with Crippen LogP contribution in [0.15, 0.2) is 12.1 Å². The second-order valence-corrected chi connectivity index (χ2v) is 4.52. The molecule has 1 unspecified atom stereocenters. The lowest BCUT2D eigenvalue weighted by Gasteiger charge is -2.20. The van der Waals surface area contributed by atoms with Gasteiger partial charge in [-0.2, -0.15) is 0 Å². The summed E-state index contributed by atoms with van der Waals surface area (Å²) in [5.41, 5.74) is 2.41. The third kappa shape index (κ3) is 3.01. The molecule has 0 aliphatic heterocycles. The van der Waals surface area contributed by atoms with Crippen LogP contribution in [0.4, 0.5) is 0 Å². The number of methoxy groups -OCH3 is 1. The van der Waals surface area contributed by atoms with Gasteiger partial charge in [-0.05, 0) is 38.8 Å². The highest BCUT2D eigenvalue weighted by Crippen LogP contribution is 2.32. The molecule has 100 valence electrons. The minimum atomic E-state index is -1.32. The molecular formula is C14H20O4. The minimum absolute atomic E-state index is 0.0332. The van der Waals surface area contributed by atoms with E-state index in [1.165, 1.54) is 7.11 Å². The minimum Gasteiger partial charge on any atom is -0.490 e. The summed E-state index contributed by atoms with van der Waals surface area (Å²) in [6.45, 7) is 7.66. The SMILES string of the molecule is COC(=O)C(O)c1ccc(C)c(C)c1OC(C)C.